The number of aryl methyl sites for hydroxylation is 3. The van der Waals surface area contributed by atoms with Gasteiger partial charge < -0.3 is 0 Å². The van der Waals surface area contributed by atoms with Gasteiger partial charge in [0.25, 0.3) is 0 Å². The summed E-state index contributed by atoms with van der Waals surface area (Å²) in [5.41, 5.74) is 10.1. The molecule has 4 rings (SSSR count). The van der Waals surface area contributed by atoms with Gasteiger partial charge in [0, 0.05) is 0 Å². The minimum absolute atomic E-state index is 0.670. The standard InChI is InChI=1S/C26H28/c1-3-19-5-9-21(10-6-19)23-13-15-26-18-24(14-16-25(26)17-23)22-11-7-20(4-2)8-12-22/h5-13,15,17,24H,3-4,14,16,18H2,1-2H3. The number of rotatable bonds is 4. The minimum atomic E-state index is 0.670. The van der Waals surface area contributed by atoms with Gasteiger partial charge in [0.1, 0.15) is 0 Å². The van der Waals surface area contributed by atoms with Crippen LogP contribution in [0.3, 0.4) is 0 Å². The van der Waals surface area contributed by atoms with Crippen LogP contribution in [0, 0.1) is 0 Å². The maximum Gasteiger partial charge on any atom is -0.0118 e. The van der Waals surface area contributed by atoms with E-state index in [4.69, 9.17) is 0 Å². The van der Waals surface area contributed by atoms with Crippen LogP contribution in [0.2, 0.25) is 0 Å². The van der Waals surface area contributed by atoms with Crippen molar-refractivity contribution in [2.45, 2.75) is 51.9 Å². The predicted molar refractivity (Wildman–Crippen MR) is 112 cm³/mol. The summed E-state index contributed by atoms with van der Waals surface area (Å²) in [6, 6.07) is 25.4. The summed E-state index contributed by atoms with van der Waals surface area (Å²) in [7, 11) is 0. The third kappa shape index (κ3) is 3.46. The van der Waals surface area contributed by atoms with Gasteiger partial charge in [-0.05, 0) is 77.0 Å². The molecule has 0 heterocycles. The molecule has 0 saturated heterocycles. The molecule has 132 valence electrons. The van der Waals surface area contributed by atoms with E-state index < -0.39 is 0 Å². The third-order valence-electron chi connectivity index (χ3n) is 5.99. The molecule has 3 aromatic carbocycles. The highest BCUT2D eigenvalue weighted by Gasteiger charge is 2.20. The topological polar surface area (TPSA) is 0 Å². The van der Waals surface area contributed by atoms with Crippen molar-refractivity contribution in [2.75, 3.05) is 0 Å². The number of benzene rings is 3. The van der Waals surface area contributed by atoms with Crippen molar-refractivity contribution in [3.8, 4) is 11.1 Å². The Labute approximate surface area is 157 Å². The highest BCUT2D eigenvalue weighted by molar-refractivity contribution is 5.65. The molecule has 0 fully saturated rings. The highest BCUT2D eigenvalue weighted by atomic mass is 14.2. The summed E-state index contributed by atoms with van der Waals surface area (Å²) < 4.78 is 0. The molecule has 0 aromatic heterocycles. The summed E-state index contributed by atoms with van der Waals surface area (Å²) in [6.45, 7) is 4.43. The van der Waals surface area contributed by atoms with Crippen LogP contribution in [0.15, 0.2) is 66.7 Å². The van der Waals surface area contributed by atoms with Crippen molar-refractivity contribution >= 4 is 0 Å². The fraction of sp³-hybridized carbons (Fsp3) is 0.308. The van der Waals surface area contributed by atoms with Crippen LogP contribution in [0.25, 0.3) is 11.1 Å². The molecule has 26 heavy (non-hydrogen) atoms. The summed E-state index contributed by atoms with van der Waals surface area (Å²) in [5, 5.41) is 0. The maximum absolute atomic E-state index is 2.42. The molecule has 0 spiro atoms. The molecule has 0 radical (unpaired) electrons. The van der Waals surface area contributed by atoms with Gasteiger partial charge in [-0.15, -0.1) is 0 Å². The van der Waals surface area contributed by atoms with Gasteiger partial charge in [-0.1, -0.05) is 80.6 Å². The van der Waals surface area contributed by atoms with Crippen LogP contribution in [0.1, 0.15) is 54.0 Å². The Morgan fingerprint density at radius 3 is 1.96 bits per heavy atom. The average Bonchev–Trinajstić information content (AvgIpc) is 2.73. The Kier molecular flexibility index (Phi) is 4.93. The van der Waals surface area contributed by atoms with Crippen molar-refractivity contribution in [2.24, 2.45) is 0 Å². The molecule has 0 nitrogen and oxygen atoms in total. The molecule has 0 heteroatoms. The molecule has 1 aliphatic carbocycles. The monoisotopic (exact) mass is 340 g/mol. The van der Waals surface area contributed by atoms with Gasteiger partial charge in [-0.3, -0.25) is 0 Å². The first-order chi connectivity index (χ1) is 12.8. The largest absolute Gasteiger partial charge is 0.0613 e. The van der Waals surface area contributed by atoms with Gasteiger partial charge in [0.05, 0.1) is 0 Å². The Bertz CT molecular complexity index is 869. The molecule has 3 aromatic rings. The zero-order chi connectivity index (χ0) is 17.9. The van der Waals surface area contributed by atoms with Gasteiger partial charge >= 0.3 is 0 Å². The van der Waals surface area contributed by atoms with Crippen LogP contribution in [0.5, 0.6) is 0 Å². The molecule has 0 N–H and O–H groups in total. The van der Waals surface area contributed by atoms with Crippen LogP contribution in [0.4, 0.5) is 0 Å². The van der Waals surface area contributed by atoms with Crippen LogP contribution in [-0.4, -0.2) is 0 Å². The van der Waals surface area contributed by atoms with E-state index in [1.807, 2.05) is 0 Å². The van der Waals surface area contributed by atoms with Crippen molar-refractivity contribution < 1.29 is 0 Å². The van der Waals surface area contributed by atoms with E-state index in [9.17, 15) is 0 Å². The average molecular weight is 341 g/mol. The summed E-state index contributed by atoms with van der Waals surface area (Å²) in [5.74, 6) is 0.670. The van der Waals surface area contributed by atoms with Crippen molar-refractivity contribution in [3.63, 3.8) is 0 Å². The molecule has 1 unspecified atom stereocenters. The molecular formula is C26H28. The van der Waals surface area contributed by atoms with E-state index in [1.54, 1.807) is 5.56 Å². The Hall–Kier alpha value is -2.34. The van der Waals surface area contributed by atoms with Crippen LogP contribution in [-0.2, 0) is 25.7 Å². The van der Waals surface area contributed by atoms with E-state index in [-0.39, 0.29) is 0 Å². The van der Waals surface area contributed by atoms with Gasteiger partial charge in [0.2, 0.25) is 0 Å². The predicted octanol–water partition coefficient (Wildman–Crippen LogP) is 6.75. The quantitative estimate of drug-likeness (QED) is 0.493. The second kappa shape index (κ2) is 7.50. The Balaban J connectivity index is 1.54. The summed E-state index contributed by atoms with van der Waals surface area (Å²) in [4.78, 5) is 0. The molecule has 0 bridgehead atoms. The van der Waals surface area contributed by atoms with E-state index in [0.717, 1.165) is 12.8 Å². The van der Waals surface area contributed by atoms with E-state index in [0.29, 0.717) is 5.92 Å². The fourth-order valence-electron chi connectivity index (χ4n) is 4.18. The lowest BCUT2D eigenvalue weighted by Crippen LogP contribution is -2.12. The maximum atomic E-state index is 2.42. The van der Waals surface area contributed by atoms with Crippen molar-refractivity contribution in [1.29, 1.82) is 0 Å². The second-order valence-electron chi connectivity index (χ2n) is 7.57. The van der Waals surface area contributed by atoms with E-state index in [2.05, 4.69) is 80.6 Å². The van der Waals surface area contributed by atoms with E-state index >= 15 is 0 Å². The summed E-state index contributed by atoms with van der Waals surface area (Å²) >= 11 is 0. The first-order valence-electron chi connectivity index (χ1n) is 10.1. The lowest BCUT2D eigenvalue weighted by atomic mass is 9.79. The second-order valence-corrected chi connectivity index (χ2v) is 7.57. The molecule has 1 atom stereocenters. The normalized spacial score (nSPS) is 16.3. The van der Waals surface area contributed by atoms with Gasteiger partial charge in [-0.2, -0.15) is 0 Å². The smallest absolute Gasteiger partial charge is 0.0118 e. The molecule has 1 aliphatic rings. The molecule has 0 amide bonds. The Morgan fingerprint density at radius 1 is 0.692 bits per heavy atom. The number of hydrogen-bond donors (Lipinski definition) is 0. The minimum Gasteiger partial charge on any atom is -0.0613 e. The molecule has 0 aliphatic heterocycles. The first kappa shape index (κ1) is 17.1. The molecule has 0 saturated carbocycles. The summed E-state index contributed by atoms with van der Waals surface area (Å²) in [6.07, 6.45) is 5.85. The van der Waals surface area contributed by atoms with Crippen molar-refractivity contribution in [3.05, 3.63) is 94.5 Å². The zero-order valence-corrected chi connectivity index (χ0v) is 16.0. The molecular weight excluding hydrogens is 312 g/mol. The van der Waals surface area contributed by atoms with Crippen LogP contribution >= 0.6 is 0 Å². The number of hydrogen-bond acceptors (Lipinski definition) is 0. The SMILES string of the molecule is CCc1ccc(-c2ccc3c(c2)CCC(c2ccc(CC)cc2)C3)cc1. The van der Waals surface area contributed by atoms with Gasteiger partial charge in [-0.25, -0.2) is 0 Å². The van der Waals surface area contributed by atoms with Crippen LogP contribution < -0.4 is 0 Å². The highest BCUT2D eigenvalue weighted by Crippen LogP contribution is 2.35. The fourth-order valence-corrected chi connectivity index (χ4v) is 4.18. The third-order valence-corrected chi connectivity index (χ3v) is 5.99. The van der Waals surface area contributed by atoms with Crippen molar-refractivity contribution in [1.82, 2.24) is 0 Å². The van der Waals surface area contributed by atoms with Gasteiger partial charge in [0.15, 0.2) is 0 Å². The lowest BCUT2D eigenvalue weighted by Gasteiger charge is -2.26. The lowest BCUT2D eigenvalue weighted by molar-refractivity contribution is 0.585. The Morgan fingerprint density at radius 2 is 1.31 bits per heavy atom. The van der Waals surface area contributed by atoms with E-state index in [1.165, 1.54) is 52.6 Å². The number of fused-ring (bicyclic) bond motifs is 1. The zero-order valence-electron chi connectivity index (χ0n) is 16.0. The first-order valence-corrected chi connectivity index (χ1v) is 10.1.